The van der Waals surface area contributed by atoms with Gasteiger partial charge in [-0.05, 0) is 60.2 Å². The molecule has 4 aromatic rings. The van der Waals surface area contributed by atoms with E-state index < -0.39 is 17.8 Å². The number of hydrogen-bond donors (Lipinski definition) is 1. The number of barbiturate groups is 1. The fourth-order valence-electron chi connectivity index (χ4n) is 4.73. The van der Waals surface area contributed by atoms with Crippen molar-refractivity contribution in [2.24, 2.45) is 0 Å². The first-order valence-corrected chi connectivity index (χ1v) is 12.5. The van der Waals surface area contributed by atoms with Crippen molar-refractivity contribution < 1.29 is 14.4 Å². The molecule has 4 amide bonds. The van der Waals surface area contributed by atoms with E-state index in [0.717, 1.165) is 33.4 Å². The van der Waals surface area contributed by atoms with Crippen molar-refractivity contribution in [1.29, 1.82) is 0 Å². The number of amides is 4. The molecule has 3 aromatic carbocycles. The van der Waals surface area contributed by atoms with Crippen LogP contribution in [0.3, 0.4) is 0 Å². The van der Waals surface area contributed by atoms with Gasteiger partial charge in [0.25, 0.3) is 11.8 Å². The summed E-state index contributed by atoms with van der Waals surface area (Å²) in [5.41, 5.74) is 5.59. The van der Waals surface area contributed by atoms with Crippen LogP contribution in [0.25, 0.3) is 17.0 Å². The average Bonchev–Trinajstić information content (AvgIpc) is 3.25. The third kappa shape index (κ3) is 4.58. The van der Waals surface area contributed by atoms with Gasteiger partial charge in [0.2, 0.25) is 0 Å². The second kappa shape index (κ2) is 9.90. The molecular weight excluding hydrogens is 462 g/mol. The maximum Gasteiger partial charge on any atom is 0.335 e. The molecule has 186 valence electrons. The van der Waals surface area contributed by atoms with E-state index in [4.69, 9.17) is 0 Å². The fourth-order valence-corrected chi connectivity index (χ4v) is 4.73. The number of nitrogens with one attached hydrogen (secondary N) is 1. The minimum absolute atomic E-state index is 0.0793. The highest BCUT2D eigenvalue weighted by atomic mass is 16.2. The van der Waals surface area contributed by atoms with Crippen molar-refractivity contribution in [3.63, 3.8) is 0 Å². The van der Waals surface area contributed by atoms with Crippen LogP contribution in [0.4, 0.5) is 10.5 Å². The predicted octanol–water partition coefficient (Wildman–Crippen LogP) is 6.18. The van der Waals surface area contributed by atoms with Crippen molar-refractivity contribution >= 4 is 40.5 Å². The minimum atomic E-state index is -0.745. The van der Waals surface area contributed by atoms with Gasteiger partial charge in [-0.25, -0.2) is 9.69 Å². The number of nitrogens with zero attached hydrogens (tertiary/aromatic N) is 2. The molecule has 0 aliphatic carbocycles. The van der Waals surface area contributed by atoms with Crippen molar-refractivity contribution in [3.8, 4) is 0 Å². The molecule has 1 aliphatic rings. The molecule has 6 nitrogen and oxygen atoms in total. The van der Waals surface area contributed by atoms with Crippen LogP contribution < -0.4 is 10.2 Å². The molecule has 0 bridgehead atoms. The maximum absolute atomic E-state index is 13.5. The van der Waals surface area contributed by atoms with Crippen molar-refractivity contribution in [1.82, 2.24) is 9.88 Å². The number of para-hydroxylation sites is 1. The van der Waals surface area contributed by atoms with Crippen LogP contribution in [0.2, 0.25) is 0 Å². The quantitative estimate of drug-likeness (QED) is 0.259. The average molecular weight is 492 g/mol. The summed E-state index contributed by atoms with van der Waals surface area (Å²) in [5, 5.41) is 3.25. The molecule has 1 fully saturated rings. The van der Waals surface area contributed by atoms with Crippen LogP contribution >= 0.6 is 0 Å². The highest BCUT2D eigenvalue weighted by Crippen LogP contribution is 2.28. The van der Waals surface area contributed by atoms with Crippen LogP contribution in [0.1, 0.15) is 48.4 Å². The molecule has 2 heterocycles. The van der Waals surface area contributed by atoms with Gasteiger partial charge >= 0.3 is 6.03 Å². The van der Waals surface area contributed by atoms with E-state index in [2.05, 4.69) is 42.8 Å². The predicted molar refractivity (Wildman–Crippen MR) is 146 cm³/mol. The van der Waals surface area contributed by atoms with Crippen LogP contribution in [-0.2, 0) is 16.1 Å². The zero-order chi connectivity index (χ0) is 26.1. The first-order valence-electron chi connectivity index (χ1n) is 12.5. The van der Waals surface area contributed by atoms with Crippen LogP contribution in [-0.4, -0.2) is 22.4 Å². The summed E-state index contributed by atoms with van der Waals surface area (Å²) >= 11 is 0. The second-order valence-electron chi connectivity index (χ2n) is 9.51. The molecule has 37 heavy (non-hydrogen) atoms. The summed E-state index contributed by atoms with van der Waals surface area (Å²) < 4.78 is 2.12. The van der Waals surface area contributed by atoms with E-state index in [1.54, 1.807) is 18.2 Å². The number of carbonyl (C=O) groups is 3. The van der Waals surface area contributed by atoms with Gasteiger partial charge in [0.1, 0.15) is 5.57 Å². The van der Waals surface area contributed by atoms with Crippen LogP contribution in [0.5, 0.6) is 0 Å². The Balaban J connectivity index is 1.53. The molecule has 6 heteroatoms. The number of aromatic nitrogens is 1. The molecular formula is C31H29N3O3. The molecule has 1 saturated heterocycles. The van der Waals surface area contributed by atoms with Gasteiger partial charge in [-0.15, -0.1) is 0 Å². The first-order chi connectivity index (χ1) is 17.9. The number of carbonyl (C=O) groups excluding carboxylic acids is 3. The lowest BCUT2D eigenvalue weighted by Gasteiger charge is -2.26. The van der Waals surface area contributed by atoms with E-state index in [1.165, 1.54) is 11.1 Å². The van der Waals surface area contributed by atoms with E-state index in [9.17, 15) is 14.4 Å². The summed E-state index contributed by atoms with van der Waals surface area (Å²) in [7, 11) is 0. The Morgan fingerprint density at radius 1 is 0.919 bits per heavy atom. The number of aryl methyl sites for hydroxylation is 1. The molecule has 1 atom stereocenters. The van der Waals surface area contributed by atoms with Gasteiger partial charge in [0.05, 0.1) is 5.69 Å². The van der Waals surface area contributed by atoms with Crippen LogP contribution in [0.15, 0.2) is 84.6 Å². The summed E-state index contributed by atoms with van der Waals surface area (Å²) in [6, 6.07) is 22.7. The number of rotatable bonds is 6. The van der Waals surface area contributed by atoms with E-state index >= 15 is 0 Å². The molecule has 0 unspecified atom stereocenters. The number of imide groups is 2. The molecule has 1 aliphatic heterocycles. The van der Waals surface area contributed by atoms with E-state index in [0.29, 0.717) is 18.2 Å². The zero-order valence-corrected chi connectivity index (χ0v) is 21.2. The Kier molecular flexibility index (Phi) is 6.49. The van der Waals surface area contributed by atoms with Crippen molar-refractivity contribution in [2.45, 2.75) is 39.7 Å². The smallest absolute Gasteiger partial charge is 0.335 e. The molecule has 0 radical (unpaired) electrons. The van der Waals surface area contributed by atoms with E-state index in [-0.39, 0.29) is 5.57 Å². The Hall–Kier alpha value is -4.45. The van der Waals surface area contributed by atoms with Crippen LogP contribution in [0, 0.1) is 6.92 Å². The lowest BCUT2D eigenvalue weighted by Crippen LogP contribution is -2.54. The second-order valence-corrected chi connectivity index (χ2v) is 9.51. The highest BCUT2D eigenvalue weighted by Gasteiger charge is 2.37. The lowest BCUT2D eigenvalue weighted by atomic mass is 9.98. The highest BCUT2D eigenvalue weighted by molar-refractivity contribution is 6.39. The number of anilines is 1. The largest absolute Gasteiger partial charge is 0.342 e. The minimum Gasteiger partial charge on any atom is -0.342 e. The van der Waals surface area contributed by atoms with Gasteiger partial charge in [0.15, 0.2) is 0 Å². The standard InChI is InChI=1S/C31H29N3O3/c1-4-20(2)22-13-15-25(16-14-22)34-30(36)27(29(35)32-31(34)37)17-24-19-33(28-12-8-7-11-26(24)28)18-23-10-6-5-9-21(23)3/h5-17,19-20H,4,18H2,1-3H3,(H,32,35,37)/b27-17+/t20-/m1/s1. The lowest BCUT2D eigenvalue weighted by molar-refractivity contribution is -0.122. The number of benzene rings is 3. The van der Waals surface area contributed by atoms with Gasteiger partial charge in [-0.1, -0.05) is 68.4 Å². The SMILES string of the molecule is CC[C@@H](C)c1ccc(N2C(=O)NC(=O)/C(=C\c3cn(Cc4ccccc4C)c4ccccc34)C2=O)cc1. The monoisotopic (exact) mass is 491 g/mol. The number of urea groups is 1. The molecule has 1 N–H and O–H groups in total. The first kappa shape index (κ1) is 24.3. The summed E-state index contributed by atoms with van der Waals surface area (Å²) in [5.74, 6) is -0.965. The molecule has 1 aromatic heterocycles. The van der Waals surface area contributed by atoms with Gasteiger partial charge in [-0.3, -0.25) is 14.9 Å². The molecule has 0 saturated carbocycles. The third-order valence-electron chi connectivity index (χ3n) is 7.16. The summed E-state index contributed by atoms with van der Waals surface area (Å²) in [6.07, 6.45) is 4.52. The number of fused-ring (bicyclic) bond motifs is 1. The maximum atomic E-state index is 13.5. The summed E-state index contributed by atoms with van der Waals surface area (Å²) in [4.78, 5) is 40.0. The van der Waals surface area contributed by atoms with E-state index in [1.807, 2.05) is 54.7 Å². The van der Waals surface area contributed by atoms with Gasteiger partial charge in [-0.2, -0.15) is 0 Å². The Labute approximate surface area is 216 Å². The third-order valence-corrected chi connectivity index (χ3v) is 7.16. The van der Waals surface area contributed by atoms with Gasteiger partial charge < -0.3 is 4.57 Å². The zero-order valence-electron chi connectivity index (χ0n) is 21.2. The number of hydrogen-bond acceptors (Lipinski definition) is 3. The van der Waals surface area contributed by atoms with Crippen molar-refractivity contribution in [3.05, 3.63) is 107 Å². The van der Waals surface area contributed by atoms with Gasteiger partial charge in [0, 0.05) is 29.2 Å². The Morgan fingerprint density at radius 3 is 2.35 bits per heavy atom. The molecule has 0 spiro atoms. The topological polar surface area (TPSA) is 71.4 Å². The Morgan fingerprint density at radius 2 is 1.62 bits per heavy atom. The molecule has 5 rings (SSSR count). The Bertz CT molecular complexity index is 1550. The fraction of sp³-hybridized carbons (Fsp3) is 0.194. The normalized spacial score (nSPS) is 15.9. The summed E-state index contributed by atoms with van der Waals surface area (Å²) in [6.45, 7) is 6.98. The van der Waals surface area contributed by atoms with Crippen molar-refractivity contribution in [2.75, 3.05) is 4.90 Å².